The van der Waals surface area contributed by atoms with E-state index in [2.05, 4.69) is 27.4 Å². The van der Waals surface area contributed by atoms with Crippen LogP contribution in [0.3, 0.4) is 0 Å². The van der Waals surface area contributed by atoms with E-state index in [1.54, 1.807) is 17.8 Å². The highest BCUT2D eigenvalue weighted by atomic mass is 32.2. The number of amides is 1. The van der Waals surface area contributed by atoms with Crippen molar-refractivity contribution >= 4 is 29.7 Å². The second-order valence-corrected chi connectivity index (χ2v) is 6.86. The van der Waals surface area contributed by atoms with E-state index in [-0.39, 0.29) is 6.04 Å². The van der Waals surface area contributed by atoms with Gasteiger partial charge in [-0.05, 0) is 17.0 Å². The van der Waals surface area contributed by atoms with Crippen LogP contribution in [0.4, 0.5) is 0 Å². The normalized spacial score (nSPS) is 21.2. The predicted octanol–water partition coefficient (Wildman–Crippen LogP) is 1.19. The zero-order valence-corrected chi connectivity index (χ0v) is 13.9. The molecule has 0 radical (unpaired) electrons. The molecule has 2 aromatic rings. The van der Waals surface area contributed by atoms with Gasteiger partial charge in [0.15, 0.2) is 0 Å². The minimum absolute atomic E-state index is 0.0761. The highest BCUT2D eigenvalue weighted by molar-refractivity contribution is 8.06. The maximum absolute atomic E-state index is 11.0. The van der Waals surface area contributed by atoms with Gasteiger partial charge in [0, 0.05) is 28.8 Å². The van der Waals surface area contributed by atoms with Gasteiger partial charge < -0.3 is 15.0 Å². The number of fused-ring (bicyclic) bond motifs is 3. The van der Waals surface area contributed by atoms with Crippen LogP contribution in [0.15, 0.2) is 42.5 Å². The molecule has 2 aliphatic rings. The van der Waals surface area contributed by atoms with Gasteiger partial charge in [0.05, 0.1) is 17.5 Å². The summed E-state index contributed by atoms with van der Waals surface area (Å²) < 4.78 is 2.23. The molecule has 0 spiro atoms. The number of hydrogen-bond donors (Lipinski definition) is 2. The van der Waals surface area contributed by atoms with Crippen molar-refractivity contribution in [1.29, 1.82) is 0 Å². The van der Waals surface area contributed by atoms with Gasteiger partial charge in [-0.3, -0.25) is 4.79 Å². The van der Waals surface area contributed by atoms with E-state index in [0.29, 0.717) is 0 Å². The standard InChI is InChI=1S/C19H18N2O2S/c22-12-20-14-10-24-11-16-18(14)19-15(7-4-8-17(19)23)21(16)9-13-5-2-1-3-6-13/h1-8,11-12,14,17,23H,9-10H2,(H,20,22). The molecule has 0 saturated heterocycles. The average Bonchev–Trinajstić information content (AvgIpc) is 2.93. The van der Waals surface area contributed by atoms with Crippen molar-refractivity contribution in [1.82, 2.24) is 9.88 Å². The number of carbonyl (C=O) groups excluding carboxylic acids is 1. The Kier molecular flexibility index (Phi) is 4.04. The zero-order chi connectivity index (χ0) is 16.5. The fourth-order valence-electron chi connectivity index (χ4n) is 3.49. The summed E-state index contributed by atoms with van der Waals surface area (Å²) in [6.45, 7) is 0.737. The number of aliphatic hydroxyl groups is 1. The van der Waals surface area contributed by atoms with Crippen LogP contribution in [0.1, 0.15) is 28.8 Å². The second-order valence-electron chi connectivity index (χ2n) is 5.95. The highest BCUT2D eigenvalue weighted by Gasteiger charge is 2.28. The van der Waals surface area contributed by atoms with E-state index in [4.69, 9.17) is 0 Å². The Labute approximate surface area is 144 Å². The molecule has 2 heterocycles. The first kappa shape index (κ1) is 15.3. The Morgan fingerprint density at radius 1 is 1.25 bits per heavy atom. The lowest BCUT2D eigenvalue weighted by molar-refractivity contribution is -0.110. The third-order valence-electron chi connectivity index (χ3n) is 4.53. The van der Waals surface area contributed by atoms with Crippen molar-refractivity contribution < 1.29 is 9.90 Å². The second kappa shape index (κ2) is 6.34. The molecule has 1 aromatic heterocycles. The molecular weight excluding hydrogens is 320 g/mol. The summed E-state index contributed by atoms with van der Waals surface area (Å²) in [6, 6.07) is 10.2. The van der Waals surface area contributed by atoms with Crippen molar-refractivity contribution in [2.75, 3.05) is 5.75 Å². The molecule has 1 amide bonds. The topological polar surface area (TPSA) is 54.3 Å². The van der Waals surface area contributed by atoms with E-state index in [9.17, 15) is 9.90 Å². The van der Waals surface area contributed by atoms with Crippen molar-refractivity contribution in [2.24, 2.45) is 0 Å². The van der Waals surface area contributed by atoms with Crippen LogP contribution >= 0.6 is 11.8 Å². The molecule has 5 heteroatoms. The van der Waals surface area contributed by atoms with Crippen molar-refractivity contribution in [3.63, 3.8) is 0 Å². The molecule has 1 aromatic carbocycles. The summed E-state index contributed by atoms with van der Waals surface area (Å²) >= 11 is 1.69. The van der Waals surface area contributed by atoms with E-state index >= 15 is 0 Å². The zero-order valence-electron chi connectivity index (χ0n) is 13.1. The van der Waals surface area contributed by atoms with Gasteiger partial charge in [-0.1, -0.05) is 42.5 Å². The van der Waals surface area contributed by atoms with Crippen LogP contribution in [0.2, 0.25) is 0 Å². The molecule has 1 aliphatic heterocycles. The lowest BCUT2D eigenvalue weighted by Crippen LogP contribution is -2.33. The van der Waals surface area contributed by atoms with E-state index < -0.39 is 6.10 Å². The van der Waals surface area contributed by atoms with Gasteiger partial charge in [0.2, 0.25) is 6.41 Å². The number of benzene rings is 1. The first-order valence-corrected chi connectivity index (χ1v) is 8.99. The van der Waals surface area contributed by atoms with Gasteiger partial charge >= 0.3 is 0 Å². The molecule has 0 bridgehead atoms. The summed E-state index contributed by atoms with van der Waals surface area (Å²) in [5.74, 6) is 0.782. The molecular formula is C19H18N2O2S. The van der Waals surface area contributed by atoms with Crippen molar-refractivity contribution in [3.8, 4) is 0 Å². The fraction of sp³-hybridized carbons (Fsp3) is 0.211. The summed E-state index contributed by atoms with van der Waals surface area (Å²) in [5, 5.41) is 17.7. The van der Waals surface area contributed by atoms with Crippen LogP contribution in [0, 0.1) is 0 Å². The van der Waals surface area contributed by atoms with Crippen molar-refractivity contribution in [3.05, 3.63) is 69.9 Å². The molecule has 4 rings (SSSR count). The molecule has 24 heavy (non-hydrogen) atoms. The maximum atomic E-state index is 11.0. The van der Waals surface area contributed by atoms with Gasteiger partial charge in [0.1, 0.15) is 0 Å². The smallest absolute Gasteiger partial charge is 0.207 e. The Morgan fingerprint density at radius 2 is 2.08 bits per heavy atom. The number of thioether (sulfide) groups is 1. The number of nitrogens with one attached hydrogen (secondary N) is 1. The van der Waals surface area contributed by atoms with Gasteiger partial charge in [-0.2, -0.15) is 0 Å². The Bertz CT molecular complexity index is 915. The first-order valence-electron chi connectivity index (χ1n) is 7.94. The van der Waals surface area contributed by atoms with E-state index in [0.717, 1.165) is 40.5 Å². The largest absolute Gasteiger partial charge is 0.384 e. The Balaban J connectivity index is 1.94. The fourth-order valence-corrected chi connectivity index (χ4v) is 4.45. The van der Waals surface area contributed by atoms with Crippen molar-refractivity contribution in [2.45, 2.75) is 18.7 Å². The number of nitrogens with zero attached hydrogens (tertiary/aromatic N) is 1. The number of carbonyl (C=O) groups is 1. The minimum Gasteiger partial charge on any atom is -0.384 e. The van der Waals surface area contributed by atoms with Crippen LogP contribution in [-0.4, -0.2) is 21.8 Å². The number of allylic oxidation sites excluding steroid dienone is 1. The van der Waals surface area contributed by atoms with Gasteiger partial charge in [0.25, 0.3) is 0 Å². The van der Waals surface area contributed by atoms with Crippen LogP contribution < -0.4 is 16.0 Å². The summed E-state index contributed by atoms with van der Waals surface area (Å²) in [4.78, 5) is 11.0. The summed E-state index contributed by atoms with van der Waals surface area (Å²) in [5.41, 5.74) is 3.17. The van der Waals surface area contributed by atoms with Gasteiger partial charge in [-0.25, -0.2) is 0 Å². The van der Waals surface area contributed by atoms with Crippen LogP contribution in [-0.2, 0) is 11.3 Å². The molecule has 122 valence electrons. The summed E-state index contributed by atoms with van der Waals surface area (Å²) in [7, 11) is 0. The lowest BCUT2D eigenvalue weighted by Gasteiger charge is -2.21. The number of hydrogen-bond acceptors (Lipinski definition) is 3. The molecule has 2 unspecified atom stereocenters. The van der Waals surface area contributed by atoms with E-state index in [1.807, 2.05) is 30.4 Å². The molecule has 2 N–H and O–H groups in total. The minimum atomic E-state index is -0.636. The Hall–Kier alpha value is -2.24. The van der Waals surface area contributed by atoms with Gasteiger partial charge in [-0.15, -0.1) is 11.8 Å². The molecule has 0 fully saturated rings. The third kappa shape index (κ3) is 2.50. The Morgan fingerprint density at radius 3 is 2.88 bits per heavy atom. The maximum Gasteiger partial charge on any atom is 0.207 e. The van der Waals surface area contributed by atoms with Crippen LogP contribution in [0.25, 0.3) is 11.5 Å². The molecule has 4 nitrogen and oxygen atoms in total. The average molecular weight is 338 g/mol. The number of aromatic nitrogens is 1. The number of rotatable bonds is 4. The SMILES string of the molecule is O=CNC1CSC=c2c1c1c(n2Cc2ccccc2)=CC=CC1O. The molecule has 2 atom stereocenters. The quantitative estimate of drug-likeness (QED) is 0.824. The molecule has 1 aliphatic carbocycles. The first-order chi connectivity index (χ1) is 11.8. The number of aliphatic hydroxyl groups excluding tert-OH is 1. The third-order valence-corrected chi connectivity index (χ3v) is 5.44. The monoisotopic (exact) mass is 338 g/mol. The molecule has 0 saturated carbocycles. The lowest BCUT2D eigenvalue weighted by atomic mass is 9.98. The van der Waals surface area contributed by atoms with E-state index in [1.165, 1.54) is 5.56 Å². The summed E-state index contributed by atoms with van der Waals surface area (Å²) in [6.07, 6.45) is 5.84. The predicted molar refractivity (Wildman–Crippen MR) is 96.7 cm³/mol. The highest BCUT2D eigenvalue weighted by Crippen LogP contribution is 2.28. The van der Waals surface area contributed by atoms with Crippen LogP contribution in [0.5, 0.6) is 0 Å².